The van der Waals surface area contributed by atoms with Crippen molar-refractivity contribution < 1.29 is 14.6 Å². The van der Waals surface area contributed by atoms with Crippen LogP contribution >= 0.6 is 24.0 Å². The number of ether oxygens (including phenoxy) is 2. The lowest BCUT2D eigenvalue weighted by Gasteiger charge is -2.35. The number of rotatable bonds is 7. The lowest BCUT2D eigenvalue weighted by molar-refractivity contribution is 0.411. The fourth-order valence-corrected chi connectivity index (χ4v) is 3.63. The predicted molar refractivity (Wildman–Crippen MR) is 136 cm³/mol. The minimum Gasteiger partial charge on any atom is -0.508 e. The number of phenols is 1. The van der Waals surface area contributed by atoms with Crippen LogP contribution in [0.1, 0.15) is 25.3 Å². The monoisotopic (exact) mass is 540 g/mol. The molecule has 1 aliphatic heterocycles. The van der Waals surface area contributed by atoms with E-state index < -0.39 is 0 Å². The number of piperidine rings is 1. The summed E-state index contributed by atoms with van der Waals surface area (Å²) >= 11 is 0. The molecule has 1 aliphatic rings. The van der Waals surface area contributed by atoms with Crippen molar-refractivity contribution in [1.29, 1.82) is 0 Å². The summed E-state index contributed by atoms with van der Waals surface area (Å²) in [4.78, 5) is 7.06. The molecule has 31 heavy (non-hydrogen) atoms. The normalized spacial score (nSPS) is 16.3. The van der Waals surface area contributed by atoms with Crippen molar-refractivity contribution in [3.05, 3.63) is 48.0 Å². The number of benzene rings is 2. The van der Waals surface area contributed by atoms with Crippen LogP contribution in [-0.2, 0) is 6.54 Å². The lowest BCUT2D eigenvalue weighted by atomic mass is 10.0. The number of methoxy groups -OCH3 is 2. The Morgan fingerprint density at radius 3 is 2.68 bits per heavy atom. The van der Waals surface area contributed by atoms with E-state index in [4.69, 9.17) is 9.47 Å². The molecule has 0 aromatic heterocycles. The number of phenolic OH excluding ortho intramolecular Hbond substituents is 1. The third kappa shape index (κ3) is 7.09. The molecule has 1 fully saturated rings. The van der Waals surface area contributed by atoms with Crippen LogP contribution < -0.4 is 25.0 Å². The van der Waals surface area contributed by atoms with Gasteiger partial charge in [-0.2, -0.15) is 0 Å². The standard InChI is InChI=1S/C23H32N4O3.HI/c1-4-24-23(25-15-17-13-21(30-3)10-11-22(17)28)26-18-7-6-12-27(16-18)19-8-5-9-20(14-19)29-2;/h5,8-11,13-14,18,28H,4,6-7,12,15-16H2,1-3H3,(H2,24,25,26);1H. The van der Waals surface area contributed by atoms with E-state index in [0.29, 0.717) is 12.3 Å². The summed E-state index contributed by atoms with van der Waals surface area (Å²) in [6.07, 6.45) is 2.18. The first-order valence-electron chi connectivity index (χ1n) is 10.4. The first kappa shape index (κ1) is 24.9. The maximum Gasteiger partial charge on any atom is 0.191 e. The van der Waals surface area contributed by atoms with Crippen LogP contribution in [0.5, 0.6) is 17.2 Å². The van der Waals surface area contributed by atoms with Crippen LogP contribution in [0.15, 0.2) is 47.5 Å². The second-order valence-electron chi connectivity index (χ2n) is 7.32. The van der Waals surface area contributed by atoms with Gasteiger partial charge in [-0.3, -0.25) is 0 Å². The zero-order valence-corrected chi connectivity index (χ0v) is 20.8. The SMILES string of the molecule is CCNC(=NCc1cc(OC)ccc1O)NC1CCCN(c2cccc(OC)c2)C1.I. The average Bonchev–Trinajstić information content (AvgIpc) is 2.78. The summed E-state index contributed by atoms with van der Waals surface area (Å²) in [5, 5.41) is 17.0. The fraction of sp³-hybridized carbons (Fsp3) is 0.435. The van der Waals surface area contributed by atoms with Crippen molar-refractivity contribution in [3.8, 4) is 17.2 Å². The number of anilines is 1. The van der Waals surface area contributed by atoms with Gasteiger partial charge in [0.1, 0.15) is 17.2 Å². The highest BCUT2D eigenvalue weighted by Crippen LogP contribution is 2.25. The number of hydrogen-bond donors (Lipinski definition) is 3. The van der Waals surface area contributed by atoms with Crippen molar-refractivity contribution in [2.24, 2.45) is 4.99 Å². The predicted octanol–water partition coefficient (Wildman–Crippen LogP) is 3.75. The van der Waals surface area contributed by atoms with Crippen molar-refractivity contribution in [2.75, 3.05) is 38.8 Å². The van der Waals surface area contributed by atoms with Crippen molar-refractivity contribution >= 4 is 35.6 Å². The Morgan fingerprint density at radius 1 is 1.16 bits per heavy atom. The molecule has 170 valence electrons. The number of halogens is 1. The molecular weight excluding hydrogens is 507 g/mol. The van der Waals surface area contributed by atoms with Gasteiger partial charge in [-0.1, -0.05) is 6.07 Å². The molecular formula is C23H33IN4O3. The number of aliphatic imine (C=N–C) groups is 1. The van der Waals surface area contributed by atoms with E-state index in [1.165, 1.54) is 5.69 Å². The van der Waals surface area contributed by atoms with Gasteiger partial charge in [0, 0.05) is 43.0 Å². The molecule has 0 spiro atoms. The highest BCUT2D eigenvalue weighted by atomic mass is 127. The van der Waals surface area contributed by atoms with Gasteiger partial charge in [0.05, 0.1) is 20.8 Å². The van der Waals surface area contributed by atoms with E-state index in [9.17, 15) is 5.11 Å². The molecule has 2 aromatic rings. The van der Waals surface area contributed by atoms with Gasteiger partial charge in [-0.15, -0.1) is 24.0 Å². The quantitative estimate of drug-likeness (QED) is 0.282. The van der Waals surface area contributed by atoms with Crippen molar-refractivity contribution in [2.45, 2.75) is 32.4 Å². The van der Waals surface area contributed by atoms with Gasteiger partial charge in [0.15, 0.2) is 5.96 Å². The molecule has 1 unspecified atom stereocenters. The minimum atomic E-state index is 0. The Morgan fingerprint density at radius 2 is 1.94 bits per heavy atom. The Kier molecular flexibility index (Phi) is 10.0. The van der Waals surface area contributed by atoms with Crippen LogP contribution in [0, 0.1) is 0 Å². The third-order valence-electron chi connectivity index (χ3n) is 5.22. The minimum absolute atomic E-state index is 0. The lowest BCUT2D eigenvalue weighted by Crippen LogP contribution is -2.51. The fourth-order valence-electron chi connectivity index (χ4n) is 3.63. The molecule has 0 amide bonds. The molecule has 3 rings (SSSR count). The highest BCUT2D eigenvalue weighted by molar-refractivity contribution is 14.0. The Labute approximate surface area is 201 Å². The smallest absolute Gasteiger partial charge is 0.191 e. The number of guanidine groups is 1. The summed E-state index contributed by atoms with van der Waals surface area (Å²) in [6, 6.07) is 13.7. The van der Waals surface area contributed by atoms with Gasteiger partial charge in [0.2, 0.25) is 0 Å². The van der Waals surface area contributed by atoms with Crippen molar-refractivity contribution in [3.63, 3.8) is 0 Å². The van der Waals surface area contributed by atoms with Gasteiger partial charge in [-0.25, -0.2) is 4.99 Å². The van der Waals surface area contributed by atoms with Crippen molar-refractivity contribution in [1.82, 2.24) is 10.6 Å². The van der Waals surface area contributed by atoms with E-state index in [1.54, 1.807) is 26.4 Å². The second kappa shape index (κ2) is 12.5. The molecule has 2 aromatic carbocycles. The summed E-state index contributed by atoms with van der Waals surface area (Å²) in [7, 11) is 3.31. The molecule has 1 saturated heterocycles. The van der Waals surface area contributed by atoms with Crippen LogP contribution in [0.4, 0.5) is 5.69 Å². The van der Waals surface area contributed by atoms with Gasteiger partial charge in [-0.05, 0) is 50.1 Å². The topological polar surface area (TPSA) is 78.4 Å². The molecule has 0 saturated carbocycles. The maximum absolute atomic E-state index is 10.1. The van der Waals surface area contributed by atoms with Crippen LogP contribution in [-0.4, -0.2) is 51.0 Å². The first-order chi connectivity index (χ1) is 14.6. The van der Waals surface area contributed by atoms with E-state index in [-0.39, 0.29) is 35.8 Å². The Hall–Kier alpha value is -2.36. The summed E-state index contributed by atoms with van der Waals surface area (Å²) in [5.74, 6) is 2.54. The third-order valence-corrected chi connectivity index (χ3v) is 5.22. The van der Waals surface area contributed by atoms with Gasteiger partial charge < -0.3 is 30.1 Å². The van der Waals surface area contributed by atoms with Crippen LogP contribution in [0.2, 0.25) is 0 Å². The Bertz CT molecular complexity index is 862. The zero-order valence-electron chi connectivity index (χ0n) is 18.4. The van der Waals surface area contributed by atoms with E-state index in [1.807, 2.05) is 25.1 Å². The molecule has 0 radical (unpaired) electrons. The second-order valence-corrected chi connectivity index (χ2v) is 7.32. The van der Waals surface area contributed by atoms with Crippen LogP contribution in [0.25, 0.3) is 0 Å². The van der Waals surface area contributed by atoms with Gasteiger partial charge in [0.25, 0.3) is 0 Å². The highest BCUT2D eigenvalue weighted by Gasteiger charge is 2.21. The maximum atomic E-state index is 10.1. The summed E-state index contributed by atoms with van der Waals surface area (Å²) < 4.78 is 10.6. The number of aromatic hydroxyl groups is 1. The van der Waals surface area contributed by atoms with Gasteiger partial charge >= 0.3 is 0 Å². The largest absolute Gasteiger partial charge is 0.508 e. The molecule has 8 heteroatoms. The molecule has 0 bridgehead atoms. The first-order valence-corrected chi connectivity index (χ1v) is 10.4. The Balaban J connectivity index is 0.00000341. The number of nitrogens with one attached hydrogen (secondary N) is 2. The molecule has 1 heterocycles. The van der Waals surface area contributed by atoms with E-state index >= 15 is 0 Å². The summed E-state index contributed by atoms with van der Waals surface area (Å²) in [6.45, 7) is 5.09. The molecule has 1 atom stereocenters. The number of nitrogens with zero attached hydrogens (tertiary/aromatic N) is 2. The molecule has 3 N–H and O–H groups in total. The van der Waals surface area contributed by atoms with E-state index in [2.05, 4.69) is 32.7 Å². The summed E-state index contributed by atoms with van der Waals surface area (Å²) in [5.41, 5.74) is 1.90. The zero-order chi connectivity index (χ0) is 21.3. The molecule has 7 nitrogen and oxygen atoms in total. The average molecular weight is 540 g/mol. The molecule has 0 aliphatic carbocycles. The van der Waals surface area contributed by atoms with Crippen LogP contribution in [0.3, 0.4) is 0 Å². The van der Waals surface area contributed by atoms with E-state index in [0.717, 1.165) is 49.7 Å². The number of hydrogen-bond acceptors (Lipinski definition) is 5.